The topological polar surface area (TPSA) is 91.7 Å². The average molecular weight is 599 g/mol. The summed E-state index contributed by atoms with van der Waals surface area (Å²) in [6, 6.07) is 8.69. The van der Waals surface area contributed by atoms with Crippen molar-refractivity contribution >= 4 is 15.6 Å². The summed E-state index contributed by atoms with van der Waals surface area (Å²) in [5.74, 6) is 0.827. The number of carbonyl (C=O) groups is 1. The zero-order valence-corrected chi connectivity index (χ0v) is 27.7. The van der Waals surface area contributed by atoms with E-state index in [0.29, 0.717) is 29.4 Å². The van der Waals surface area contributed by atoms with E-state index < -0.39 is 32.2 Å². The van der Waals surface area contributed by atoms with E-state index in [1.54, 1.807) is 24.3 Å². The molecule has 0 aliphatic heterocycles. The van der Waals surface area contributed by atoms with Crippen LogP contribution in [0.5, 0.6) is 0 Å². The number of Topliss-reactive ketones (excluding diaryl/α,β-unsaturated/α-hetero) is 1. The zero-order valence-electron chi connectivity index (χ0n) is 26.9. The average Bonchev–Trinajstić information content (AvgIpc) is 3.27. The van der Waals surface area contributed by atoms with Gasteiger partial charge in [-0.05, 0) is 103 Å². The third-order valence-electron chi connectivity index (χ3n) is 12.8. The largest absolute Gasteiger partial charge is 0.393 e. The van der Waals surface area contributed by atoms with Crippen LogP contribution in [-0.2, 0) is 14.6 Å². The lowest BCUT2D eigenvalue weighted by molar-refractivity contribution is -0.147. The number of hydrogen-bond donors (Lipinski definition) is 2. The number of rotatable bonds is 7. The van der Waals surface area contributed by atoms with Gasteiger partial charge in [0.15, 0.2) is 9.84 Å². The first-order chi connectivity index (χ1) is 19.5. The fourth-order valence-electron chi connectivity index (χ4n) is 9.99. The highest BCUT2D eigenvalue weighted by Gasteiger charge is 2.63. The lowest BCUT2D eigenvalue weighted by Crippen LogP contribution is -2.56. The molecule has 2 unspecified atom stereocenters. The summed E-state index contributed by atoms with van der Waals surface area (Å²) in [5.41, 5.74) is -0.275. The first kappa shape index (κ1) is 31.9. The van der Waals surface area contributed by atoms with Crippen molar-refractivity contribution in [3.8, 4) is 0 Å². The second-order valence-corrected chi connectivity index (χ2v) is 18.3. The van der Waals surface area contributed by atoms with Crippen LogP contribution in [0.4, 0.5) is 0 Å². The molecule has 6 heteroatoms. The van der Waals surface area contributed by atoms with Gasteiger partial charge in [0, 0.05) is 12.3 Å². The van der Waals surface area contributed by atoms with Crippen molar-refractivity contribution in [3.63, 3.8) is 0 Å². The van der Waals surface area contributed by atoms with E-state index in [9.17, 15) is 23.4 Å². The molecule has 234 valence electrons. The van der Waals surface area contributed by atoms with E-state index in [2.05, 4.69) is 33.8 Å². The predicted octanol–water partition coefficient (Wildman–Crippen LogP) is 7.16. The molecule has 2 N–H and O–H groups in total. The number of allylic oxidation sites excluding steroid dienone is 1. The van der Waals surface area contributed by atoms with Crippen molar-refractivity contribution in [2.24, 2.45) is 45.8 Å². The molecule has 1 aromatic carbocycles. The molecular weight excluding hydrogens is 544 g/mol. The Morgan fingerprint density at radius 3 is 2.33 bits per heavy atom. The summed E-state index contributed by atoms with van der Waals surface area (Å²) < 4.78 is 28.4. The van der Waals surface area contributed by atoms with Crippen LogP contribution < -0.4 is 0 Å². The van der Waals surface area contributed by atoms with Gasteiger partial charge in [0.25, 0.3) is 0 Å². The Morgan fingerprint density at radius 2 is 1.71 bits per heavy atom. The number of ketones is 1. The van der Waals surface area contributed by atoms with Gasteiger partial charge in [0.2, 0.25) is 0 Å². The van der Waals surface area contributed by atoms with E-state index in [1.165, 1.54) is 5.57 Å². The van der Waals surface area contributed by atoms with Crippen molar-refractivity contribution < 1.29 is 23.4 Å². The van der Waals surface area contributed by atoms with Crippen molar-refractivity contribution in [1.82, 2.24) is 0 Å². The van der Waals surface area contributed by atoms with Crippen LogP contribution in [0.2, 0.25) is 0 Å². The van der Waals surface area contributed by atoms with Crippen molar-refractivity contribution in [2.45, 2.75) is 128 Å². The third-order valence-corrected chi connectivity index (χ3v) is 15.2. The van der Waals surface area contributed by atoms with Crippen molar-refractivity contribution in [3.05, 3.63) is 42.0 Å². The summed E-state index contributed by atoms with van der Waals surface area (Å²) in [6.45, 7) is 14.5. The lowest BCUT2D eigenvalue weighted by atomic mass is 9.45. The van der Waals surface area contributed by atoms with Crippen LogP contribution in [0.1, 0.15) is 106 Å². The summed E-state index contributed by atoms with van der Waals surface area (Å²) in [6.07, 6.45) is 8.07. The van der Waals surface area contributed by atoms with Gasteiger partial charge < -0.3 is 10.2 Å². The molecule has 0 saturated heterocycles. The predicted molar refractivity (Wildman–Crippen MR) is 167 cm³/mol. The number of aliphatic hydroxyl groups is 2. The van der Waals surface area contributed by atoms with Gasteiger partial charge in [-0.3, -0.25) is 4.79 Å². The fourth-order valence-corrected chi connectivity index (χ4v) is 12.1. The minimum absolute atomic E-state index is 0.0161. The van der Waals surface area contributed by atoms with E-state index in [-0.39, 0.29) is 40.9 Å². The van der Waals surface area contributed by atoms with Crippen molar-refractivity contribution in [2.75, 3.05) is 0 Å². The monoisotopic (exact) mass is 598 g/mol. The maximum atomic E-state index is 14.3. The highest BCUT2D eigenvalue weighted by atomic mass is 32.2. The highest BCUT2D eigenvalue weighted by molar-refractivity contribution is 7.92. The van der Waals surface area contributed by atoms with Gasteiger partial charge in [-0.25, -0.2) is 8.42 Å². The Morgan fingerprint density at radius 1 is 1.05 bits per heavy atom. The molecule has 42 heavy (non-hydrogen) atoms. The second-order valence-electron chi connectivity index (χ2n) is 16.1. The van der Waals surface area contributed by atoms with Gasteiger partial charge in [0.1, 0.15) is 5.78 Å². The standard InChI is InChI=1S/C36H54O5S/c1-8-36(39)19-18-34(6)24(21-36)14-15-26-28-17-16-27(35(28,7)22-29(37)32(26)34)23(2)30(20-31(38)33(3,4)5)42(40,41)25-12-10-9-11-13-25/h9-14,23,26-28,30-32,38-39H,8,15-22H2,1-7H3/t23-,26-,27+,28-,30?,31?,32+,34-,35+,36-/m0/s1. The van der Waals surface area contributed by atoms with Gasteiger partial charge in [-0.1, -0.05) is 78.3 Å². The Kier molecular flexibility index (Phi) is 8.23. The van der Waals surface area contributed by atoms with Crippen LogP contribution in [-0.4, -0.2) is 41.4 Å². The third kappa shape index (κ3) is 5.15. The summed E-state index contributed by atoms with van der Waals surface area (Å²) in [5, 5.41) is 21.6. The molecule has 4 aliphatic carbocycles. The van der Waals surface area contributed by atoms with Gasteiger partial charge in [-0.2, -0.15) is 0 Å². The molecular formula is C36H54O5S. The van der Waals surface area contributed by atoms with E-state index in [1.807, 2.05) is 26.8 Å². The fraction of sp³-hybridized carbons (Fsp3) is 0.750. The number of carbonyl (C=O) groups excluding carboxylic acids is 1. The molecule has 0 heterocycles. The first-order valence-electron chi connectivity index (χ1n) is 16.4. The van der Waals surface area contributed by atoms with Gasteiger partial charge >= 0.3 is 0 Å². The van der Waals surface area contributed by atoms with Crippen molar-refractivity contribution in [1.29, 1.82) is 0 Å². The Labute approximate surface area is 254 Å². The molecule has 0 radical (unpaired) electrons. The van der Waals surface area contributed by atoms with Gasteiger partial charge in [-0.15, -0.1) is 0 Å². The minimum atomic E-state index is -3.71. The van der Waals surface area contributed by atoms with Crippen LogP contribution in [0.3, 0.4) is 0 Å². The molecule has 0 bridgehead atoms. The maximum absolute atomic E-state index is 14.3. The Balaban J connectivity index is 1.48. The SMILES string of the molecule is CC[C@]1(O)CC[C@@]2(C)C(=CC[C@H]3[C@@H]4CC[C@H]([C@H](C)C(CC(O)C(C)(C)C)S(=O)(=O)c5ccccc5)[C@@]4(C)CC(=O)[C@@H]32)C1. The maximum Gasteiger partial charge on any atom is 0.181 e. The molecule has 0 amide bonds. The smallest absolute Gasteiger partial charge is 0.181 e. The normalized spacial score (nSPS) is 39.0. The number of hydrogen-bond acceptors (Lipinski definition) is 5. The van der Waals surface area contributed by atoms with E-state index >= 15 is 0 Å². The highest BCUT2D eigenvalue weighted by Crippen LogP contribution is 2.67. The number of aliphatic hydroxyl groups excluding tert-OH is 1. The summed E-state index contributed by atoms with van der Waals surface area (Å²) >= 11 is 0. The number of fused-ring (bicyclic) bond motifs is 5. The number of benzene rings is 1. The summed E-state index contributed by atoms with van der Waals surface area (Å²) in [4.78, 5) is 14.6. The molecule has 3 saturated carbocycles. The van der Waals surface area contributed by atoms with E-state index in [0.717, 1.165) is 38.5 Å². The minimum Gasteiger partial charge on any atom is -0.393 e. The Hall–Kier alpha value is -1.50. The molecule has 0 spiro atoms. The molecule has 5 nitrogen and oxygen atoms in total. The number of sulfone groups is 1. The van der Waals surface area contributed by atoms with E-state index in [4.69, 9.17) is 0 Å². The molecule has 1 aromatic rings. The molecule has 3 fully saturated rings. The molecule has 0 aromatic heterocycles. The lowest BCUT2D eigenvalue weighted by Gasteiger charge is -2.58. The molecule has 10 atom stereocenters. The molecule has 5 rings (SSSR count). The Bertz CT molecular complexity index is 1310. The quantitative estimate of drug-likeness (QED) is 0.325. The van der Waals surface area contributed by atoms with Gasteiger partial charge in [0.05, 0.1) is 21.9 Å². The summed E-state index contributed by atoms with van der Waals surface area (Å²) in [7, 11) is -3.71. The van der Waals surface area contributed by atoms with Crippen LogP contribution in [0, 0.1) is 45.8 Å². The first-order valence-corrected chi connectivity index (χ1v) is 17.9. The van der Waals surface area contributed by atoms with Crippen LogP contribution in [0.25, 0.3) is 0 Å². The van der Waals surface area contributed by atoms with Crippen LogP contribution in [0.15, 0.2) is 46.9 Å². The zero-order chi connectivity index (χ0) is 30.9. The van der Waals surface area contributed by atoms with Crippen LogP contribution >= 0.6 is 0 Å². The second kappa shape index (κ2) is 10.8. The molecule has 4 aliphatic rings.